The molecule has 0 N–H and O–H groups in total. The Morgan fingerprint density at radius 2 is 2.24 bits per heavy atom. The molecule has 4 aromatic rings. The van der Waals surface area contributed by atoms with Crippen LogP contribution in [0.4, 0.5) is 4.39 Å². The van der Waals surface area contributed by atoms with Crippen LogP contribution in [0.2, 0.25) is 0 Å². The van der Waals surface area contributed by atoms with Gasteiger partial charge in [-0.25, -0.2) is 14.2 Å². The van der Waals surface area contributed by atoms with Crippen molar-refractivity contribution in [3.8, 4) is 10.8 Å². The molecule has 5 nitrogen and oxygen atoms in total. The number of aryl methyl sites for hydroxylation is 1. The zero-order valence-corrected chi connectivity index (χ0v) is 13.9. The standard InChI is InChI=1S/C18H12FNO4S/c1-10-13-7-11(19)4-5-14(13)24-16(10)18(21)23-9-12-8-22-17(20-12)15-3-2-6-25-15/h2-8H,9H2,1H3. The number of hydrogen-bond donors (Lipinski definition) is 0. The quantitative estimate of drug-likeness (QED) is 0.483. The molecule has 0 spiro atoms. The highest BCUT2D eigenvalue weighted by molar-refractivity contribution is 7.13. The number of fused-ring (bicyclic) bond motifs is 1. The van der Waals surface area contributed by atoms with Crippen molar-refractivity contribution in [3.63, 3.8) is 0 Å². The van der Waals surface area contributed by atoms with Gasteiger partial charge in [-0.3, -0.25) is 0 Å². The van der Waals surface area contributed by atoms with Crippen LogP contribution in [0, 0.1) is 12.7 Å². The summed E-state index contributed by atoms with van der Waals surface area (Å²) in [7, 11) is 0. The predicted octanol–water partition coefficient (Wildman–Crippen LogP) is 4.95. The van der Waals surface area contributed by atoms with Crippen molar-refractivity contribution in [3.05, 3.63) is 64.8 Å². The van der Waals surface area contributed by atoms with Gasteiger partial charge in [0.25, 0.3) is 0 Å². The molecule has 0 atom stereocenters. The van der Waals surface area contributed by atoms with Gasteiger partial charge in [-0.15, -0.1) is 11.3 Å². The molecule has 0 aliphatic rings. The lowest BCUT2D eigenvalue weighted by Gasteiger charge is -2.00. The van der Waals surface area contributed by atoms with Crippen LogP contribution in [0.25, 0.3) is 21.7 Å². The topological polar surface area (TPSA) is 65.5 Å². The summed E-state index contributed by atoms with van der Waals surface area (Å²) in [5.41, 5.74) is 1.47. The van der Waals surface area contributed by atoms with Gasteiger partial charge in [0.05, 0.1) is 4.88 Å². The van der Waals surface area contributed by atoms with Gasteiger partial charge < -0.3 is 13.6 Å². The van der Waals surface area contributed by atoms with Crippen LogP contribution >= 0.6 is 11.3 Å². The average molecular weight is 357 g/mol. The summed E-state index contributed by atoms with van der Waals surface area (Å²) in [5.74, 6) is -0.478. The normalized spacial score (nSPS) is 11.1. The molecule has 0 radical (unpaired) electrons. The number of oxazole rings is 1. The van der Waals surface area contributed by atoms with Gasteiger partial charge in [-0.2, -0.15) is 0 Å². The first-order valence-electron chi connectivity index (χ1n) is 7.46. The molecule has 0 amide bonds. The third-order valence-electron chi connectivity index (χ3n) is 3.72. The Labute approximate surface area is 145 Å². The van der Waals surface area contributed by atoms with Gasteiger partial charge in [0.15, 0.2) is 0 Å². The molecule has 126 valence electrons. The number of halogens is 1. The van der Waals surface area contributed by atoms with Crippen molar-refractivity contribution in [1.29, 1.82) is 0 Å². The second kappa shape index (κ2) is 6.18. The number of ether oxygens (including phenoxy) is 1. The van der Waals surface area contributed by atoms with Crippen LogP contribution in [0.5, 0.6) is 0 Å². The van der Waals surface area contributed by atoms with Gasteiger partial charge in [-0.05, 0) is 36.6 Å². The van der Waals surface area contributed by atoms with Crippen molar-refractivity contribution in [1.82, 2.24) is 4.98 Å². The fraction of sp³-hybridized carbons (Fsp3) is 0.111. The highest BCUT2D eigenvalue weighted by Crippen LogP contribution is 2.27. The summed E-state index contributed by atoms with van der Waals surface area (Å²) in [6.07, 6.45) is 1.45. The van der Waals surface area contributed by atoms with Crippen LogP contribution in [-0.2, 0) is 11.3 Å². The van der Waals surface area contributed by atoms with E-state index in [1.165, 1.54) is 35.8 Å². The average Bonchev–Trinajstić information content (AvgIpc) is 3.33. The summed E-state index contributed by atoms with van der Waals surface area (Å²) in [4.78, 5) is 17.4. The molecule has 0 fully saturated rings. The minimum atomic E-state index is -0.630. The molecule has 0 saturated heterocycles. The molecule has 3 heterocycles. The number of hydrogen-bond acceptors (Lipinski definition) is 6. The van der Waals surface area contributed by atoms with E-state index in [9.17, 15) is 9.18 Å². The third kappa shape index (κ3) is 2.94. The highest BCUT2D eigenvalue weighted by atomic mass is 32.1. The van der Waals surface area contributed by atoms with Crippen molar-refractivity contribution in [2.75, 3.05) is 0 Å². The van der Waals surface area contributed by atoms with Crippen LogP contribution in [0.1, 0.15) is 21.8 Å². The maximum absolute atomic E-state index is 13.3. The molecule has 25 heavy (non-hydrogen) atoms. The Balaban J connectivity index is 1.50. The second-order valence-corrected chi connectivity index (χ2v) is 6.34. The maximum atomic E-state index is 13.3. The summed E-state index contributed by atoms with van der Waals surface area (Å²) in [6, 6.07) is 7.89. The van der Waals surface area contributed by atoms with E-state index in [1.807, 2.05) is 17.5 Å². The number of esters is 1. The number of rotatable bonds is 4. The van der Waals surface area contributed by atoms with Gasteiger partial charge in [-0.1, -0.05) is 6.07 Å². The monoisotopic (exact) mass is 357 g/mol. The van der Waals surface area contributed by atoms with E-state index in [0.29, 0.717) is 28.1 Å². The van der Waals surface area contributed by atoms with Crippen LogP contribution in [-0.4, -0.2) is 11.0 Å². The molecular weight excluding hydrogens is 345 g/mol. The number of carbonyl (C=O) groups is 1. The van der Waals surface area contributed by atoms with Crippen molar-refractivity contribution in [2.45, 2.75) is 13.5 Å². The minimum absolute atomic E-state index is 0.0431. The van der Waals surface area contributed by atoms with E-state index in [1.54, 1.807) is 6.92 Å². The van der Waals surface area contributed by atoms with E-state index in [0.717, 1.165) is 4.88 Å². The van der Waals surface area contributed by atoms with E-state index >= 15 is 0 Å². The Morgan fingerprint density at radius 1 is 1.36 bits per heavy atom. The van der Waals surface area contributed by atoms with Crippen LogP contribution in [0.3, 0.4) is 0 Å². The lowest BCUT2D eigenvalue weighted by molar-refractivity contribution is 0.0432. The van der Waals surface area contributed by atoms with Crippen molar-refractivity contribution >= 4 is 28.3 Å². The van der Waals surface area contributed by atoms with Crippen LogP contribution < -0.4 is 0 Å². The molecule has 3 aromatic heterocycles. The Kier molecular flexibility index (Phi) is 3.85. The largest absolute Gasteiger partial charge is 0.453 e. The van der Waals surface area contributed by atoms with Gasteiger partial charge >= 0.3 is 5.97 Å². The number of aromatic nitrogens is 1. The Hall–Kier alpha value is -2.93. The molecule has 4 rings (SSSR count). The zero-order valence-electron chi connectivity index (χ0n) is 13.1. The fourth-order valence-electron chi connectivity index (χ4n) is 2.48. The summed E-state index contributed by atoms with van der Waals surface area (Å²) >= 11 is 1.51. The Morgan fingerprint density at radius 3 is 3.04 bits per heavy atom. The molecule has 1 aromatic carbocycles. The number of carbonyl (C=O) groups excluding carboxylic acids is 1. The van der Waals surface area contributed by atoms with E-state index < -0.39 is 5.97 Å². The molecule has 7 heteroatoms. The smallest absolute Gasteiger partial charge is 0.374 e. The predicted molar refractivity (Wildman–Crippen MR) is 89.8 cm³/mol. The number of thiophene rings is 1. The first-order valence-corrected chi connectivity index (χ1v) is 8.34. The molecule has 0 unspecified atom stereocenters. The lowest BCUT2D eigenvalue weighted by Crippen LogP contribution is -2.05. The zero-order chi connectivity index (χ0) is 17.4. The van der Waals surface area contributed by atoms with Crippen molar-refractivity contribution < 1.29 is 22.8 Å². The molecule has 0 aliphatic heterocycles. The van der Waals surface area contributed by atoms with E-state index in [2.05, 4.69) is 4.98 Å². The first kappa shape index (κ1) is 15.6. The maximum Gasteiger partial charge on any atom is 0.374 e. The lowest BCUT2D eigenvalue weighted by atomic mass is 10.1. The van der Waals surface area contributed by atoms with Gasteiger partial charge in [0.1, 0.15) is 30.0 Å². The van der Waals surface area contributed by atoms with Gasteiger partial charge in [0, 0.05) is 10.9 Å². The van der Waals surface area contributed by atoms with E-state index in [4.69, 9.17) is 13.6 Å². The summed E-state index contributed by atoms with van der Waals surface area (Å²) in [5, 5.41) is 2.47. The SMILES string of the molecule is Cc1c(C(=O)OCc2coc(-c3cccs3)n2)oc2ccc(F)cc12. The summed E-state index contributed by atoms with van der Waals surface area (Å²) in [6.45, 7) is 1.64. The number of furan rings is 1. The van der Waals surface area contributed by atoms with Crippen molar-refractivity contribution in [2.24, 2.45) is 0 Å². The number of benzene rings is 1. The van der Waals surface area contributed by atoms with Crippen LogP contribution in [0.15, 0.2) is 50.8 Å². The molecule has 0 bridgehead atoms. The second-order valence-electron chi connectivity index (χ2n) is 5.39. The molecule has 0 aliphatic carbocycles. The Bertz CT molecular complexity index is 1050. The number of nitrogens with zero attached hydrogens (tertiary/aromatic N) is 1. The fourth-order valence-corrected chi connectivity index (χ4v) is 3.14. The van der Waals surface area contributed by atoms with Gasteiger partial charge in [0.2, 0.25) is 11.7 Å². The first-order chi connectivity index (χ1) is 12.1. The van der Waals surface area contributed by atoms with E-state index in [-0.39, 0.29) is 18.2 Å². The third-order valence-corrected chi connectivity index (χ3v) is 4.58. The molecule has 0 saturated carbocycles. The highest BCUT2D eigenvalue weighted by Gasteiger charge is 2.20. The summed E-state index contributed by atoms with van der Waals surface area (Å²) < 4.78 is 29.4. The minimum Gasteiger partial charge on any atom is -0.453 e. The molecular formula is C18H12FNO4S.